The van der Waals surface area contributed by atoms with Crippen LogP contribution in [-0.4, -0.2) is 53.2 Å². The fourth-order valence-corrected chi connectivity index (χ4v) is 4.41. The Hall–Kier alpha value is -2.87. The molecule has 2 heterocycles. The minimum atomic E-state index is -0.481. The molecule has 2 amide bonds. The number of hydrogen-bond acceptors (Lipinski definition) is 5. The lowest BCUT2D eigenvalue weighted by atomic mass is 10.0. The summed E-state index contributed by atoms with van der Waals surface area (Å²) in [5.41, 5.74) is 5.49. The Kier molecular flexibility index (Phi) is 6.03. The molecule has 2 aliphatic rings. The highest BCUT2D eigenvalue weighted by atomic mass is 16.5. The Bertz CT molecular complexity index is 939. The zero-order chi connectivity index (χ0) is 21.1. The van der Waals surface area contributed by atoms with Crippen molar-refractivity contribution in [3.05, 3.63) is 46.3 Å². The number of fused-ring (bicyclic) bond motifs is 1. The van der Waals surface area contributed by atoms with Gasteiger partial charge in [0, 0.05) is 25.3 Å². The number of hydrogen-bond donors (Lipinski definition) is 3. The second-order valence-corrected chi connectivity index (χ2v) is 8.04. The highest BCUT2D eigenvalue weighted by molar-refractivity contribution is 5.88. The first kappa shape index (κ1) is 20.4. The molecule has 1 atom stereocenters. The molecule has 160 valence electrons. The van der Waals surface area contributed by atoms with Gasteiger partial charge in [-0.1, -0.05) is 12.1 Å². The van der Waals surface area contributed by atoms with Gasteiger partial charge >= 0.3 is 0 Å². The number of aromatic amines is 1. The molecule has 30 heavy (non-hydrogen) atoms. The van der Waals surface area contributed by atoms with E-state index in [1.165, 1.54) is 11.3 Å². The molecule has 1 fully saturated rings. The zero-order valence-electron chi connectivity index (χ0n) is 17.6. The summed E-state index contributed by atoms with van der Waals surface area (Å²) in [4.78, 5) is 27.2. The summed E-state index contributed by atoms with van der Waals surface area (Å²) in [5, 5.41) is 13.2. The van der Waals surface area contributed by atoms with Crippen molar-refractivity contribution >= 4 is 11.8 Å². The van der Waals surface area contributed by atoms with Crippen molar-refractivity contribution in [1.82, 2.24) is 25.7 Å². The first-order valence-corrected chi connectivity index (χ1v) is 10.5. The predicted molar refractivity (Wildman–Crippen MR) is 112 cm³/mol. The molecule has 0 radical (unpaired) electrons. The van der Waals surface area contributed by atoms with Gasteiger partial charge in [-0.3, -0.25) is 19.6 Å². The Balaban J connectivity index is 1.38. The number of piperazine rings is 1. The van der Waals surface area contributed by atoms with E-state index < -0.39 is 6.04 Å². The third-order valence-corrected chi connectivity index (χ3v) is 6.01. The lowest BCUT2D eigenvalue weighted by molar-refractivity contribution is -0.134. The van der Waals surface area contributed by atoms with Crippen molar-refractivity contribution in [1.29, 1.82) is 0 Å². The molecule has 0 saturated carbocycles. The van der Waals surface area contributed by atoms with Gasteiger partial charge in [0.2, 0.25) is 11.8 Å². The van der Waals surface area contributed by atoms with Crippen LogP contribution in [0.2, 0.25) is 0 Å². The molecule has 1 aromatic heterocycles. The molecule has 0 spiro atoms. The number of ether oxygens (including phenoxy) is 1. The van der Waals surface area contributed by atoms with E-state index in [9.17, 15) is 9.59 Å². The first-order valence-electron chi connectivity index (χ1n) is 10.5. The van der Waals surface area contributed by atoms with Crippen LogP contribution in [-0.2, 0) is 35.5 Å². The molecule has 8 heteroatoms. The standard InChI is InChI=1S/C22H29N5O3/c1-14-10-15(6-7-20(14)30-2)13-27-9-8-23-22(29)19(27)11-21(28)24-12-18-16-4-3-5-17(16)25-26-18/h6-7,10,19H,3-5,8-9,11-13H2,1-2H3,(H,23,29)(H,24,28)(H,25,26). The molecular formula is C22H29N5O3. The Morgan fingerprint density at radius 3 is 3.03 bits per heavy atom. The van der Waals surface area contributed by atoms with Crippen molar-refractivity contribution in [2.45, 2.75) is 51.7 Å². The molecule has 1 unspecified atom stereocenters. The minimum absolute atomic E-state index is 0.0951. The van der Waals surface area contributed by atoms with Gasteiger partial charge in [-0.2, -0.15) is 5.10 Å². The van der Waals surface area contributed by atoms with Crippen molar-refractivity contribution in [2.75, 3.05) is 20.2 Å². The van der Waals surface area contributed by atoms with Crippen LogP contribution in [0.15, 0.2) is 18.2 Å². The Morgan fingerprint density at radius 1 is 1.37 bits per heavy atom. The number of aryl methyl sites for hydroxylation is 2. The number of rotatable bonds is 7. The van der Waals surface area contributed by atoms with E-state index >= 15 is 0 Å². The molecule has 1 aliphatic carbocycles. The molecule has 1 aromatic carbocycles. The summed E-state index contributed by atoms with van der Waals surface area (Å²) in [7, 11) is 1.66. The number of aromatic nitrogens is 2. The highest BCUT2D eigenvalue weighted by Gasteiger charge is 2.31. The average molecular weight is 412 g/mol. The topological polar surface area (TPSA) is 99.3 Å². The number of amides is 2. The van der Waals surface area contributed by atoms with Crippen LogP contribution in [0, 0.1) is 6.92 Å². The zero-order valence-corrected chi connectivity index (χ0v) is 17.6. The number of H-pyrrole nitrogens is 1. The fourth-order valence-electron chi connectivity index (χ4n) is 4.41. The smallest absolute Gasteiger partial charge is 0.237 e. The van der Waals surface area contributed by atoms with Crippen LogP contribution in [0.25, 0.3) is 0 Å². The van der Waals surface area contributed by atoms with Gasteiger partial charge in [-0.15, -0.1) is 0 Å². The van der Waals surface area contributed by atoms with Crippen LogP contribution in [0.4, 0.5) is 0 Å². The maximum absolute atomic E-state index is 12.6. The number of nitrogens with zero attached hydrogens (tertiary/aromatic N) is 2. The van der Waals surface area contributed by atoms with E-state index in [1.54, 1.807) is 7.11 Å². The van der Waals surface area contributed by atoms with Gasteiger partial charge in [-0.25, -0.2) is 0 Å². The van der Waals surface area contributed by atoms with Gasteiger partial charge in [-0.05, 0) is 48.9 Å². The maximum atomic E-state index is 12.6. The second-order valence-electron chi connectivity index (χ2n) is 8.04. The summed E-state index contributed by atoms with van der Waals surface area (Å²) in [5.74, 6) is 0.612. The number of carbonyl (C=O) groups excluding carboxylic acids is 2. The average Bonchev–Trinajstić information content (AvgIpc) is 3.33. The van der Waals surface area contributed by atoms with Crippen molar-refractivity contribution < 1.29 is 14.3 Å². The third kappa shape index (κ3) is 4.33. The summed E-state index contributed by atoms with van der Waals surface area (Å²) in [6.07, 6.45) is 3.30. The highest BCUT2D eigenvalue weighted by Crippen LogP contribution is 2.23. The second kappa shape index (κ2) is 8.87. The summed E-state index contributed by atoms with van der Waals surface area (Å²) in [6, 6.07) is 5.54. The van der Waals surface area contributed by atoms with Gasteiger partial charge in [0.15, 0.2) is 0 Å². The minimum Gasteiger partial charge on any atom is -0.496 e. The van der Waals surface area contributed by atoms with Gasteiger partial charge in [0.05, 0.1) is 31.8 Å². The van der Waals surface area contributed by atoms with Crippen LogP contribution in [0.1, 0.15) is 40.9 Å². The molecule has 8 nitrogen and oxygen atoms in total. The number of nitrogens with one attached hydrogen (secondary N) is 3. The normalized spacial score (nSPS) is 18.7. The van der Waals surface area contributed by atoms with Gasteiger partial charge in [0.1, 0.15) is 5.75 Å². The monoisotopic (exact) mass is 411 g/mol. The largest absolute Gasteiger partial charge is 0.496 e. The van der Waals surface area contributed by atoms with Crippen molar-refractivity contribution in [2.24, 2.45) is 0 Å². The molecule has 0 bridgehead atoms. The van der Waals surface area contributed by atoms with Crippen molar-refractivity contribution in [3.63, 3.8) is 0 Å². The lowest BCUT2D eigenvalue weighted by Gasteiger charge is -2.34. The molecule has 3 N–H and O–H groups in total. The van der Waals surface area contributed by atoms with Crippen LogP contribution in [0.3, 0.4) is 0 Å². The predicted octanol–water partition coefficient (Wildman–Crippen LogP) is 1.22. The third-order valence-electron chi connectivity index (χ3n) is 6.01. The first-order chi connectivity index (χ1) is 14.5. The Labute approximate surface area is 176 Å². The molecule has 1 saturated heterocycles. The van der Waals surface area contributed by atoms with E-state index in [2.05, 4.69) is 31.8 Å². The van der Waals surface area contributed by atoms with Crippen LogP contribution in [0.5, 0.6) is 5.75 Å². The molecular weight excluding hydrogens is 382 g/mol. The van der Waals surface area contributed by atoms with Gasteiger partial charge < -0.3 is 15.4 Å². The van der Waals surface area contributed by atoms with E-state index in [0.717, 1.165) is 41.8 Å². The van der Waals surface area contributed by atoms with E-state index in [0.29, 0.717) is 26.2 Å². The Morgan fingerprint density at radius 2 is 2.23 bits per heavy atom. The summed E-state index contributed by atoms with van der Waals surface area (Å²) < 4.78 is 5.33. The van der Waals surface area contributed by atoms with Crippen LogP contribution < -0.4 is 15.4 Å². The summed E-state index contributed by atoms with van der Waals surface area (Å²) >= 11 is 0. The molecule has 4 rings (SSSR count). The maximum Gasteiger partial charge on any atom is 0.237 e. The quantitative estimate of drug-likeness (QED) is 0.636. The fraction of sp³-hybridized carbons (Fsp3) is 0.500. The number of methoxy groups -OCH3 is 1. The molecule has 1 aliphatic heterocycles. The number of benzene rings is 1. The number of carbonyl (C=O) groups is 2. The van der Waals surface area contributed by atoms with E-state index in [4.69, 9.17) is 4.74 Å². The lowest BCUT2D eigenvalue weighted by Crippen LogP contribution is -2.56. The SMILES string of the molecule is COc1ccc(CN2CCNC(=O)C2CC(=O)NCc2n[nH]c3c2CCC3)cc1C. The summed E-state index contributed by atoms with van der Waals surface area (Å²) in [6.45, 7) is 4.31. The van der Waals surface area contributed by atoms with E-state index in [1.807, 2.05) is 19.1 Å². The molecule has 2 aromatic rings. The van der Waals surface area contributed by atoms with Crippen molar-refractivity contribution in [3.8, 4) is 5.75 Å². The van der Waals surface area contributed by atoms with Gasteiger partial charge in [0.25, 0.3) is 0 Å². The van der Waals surface area contributed by atoms with E-state index in [-0.39, 0.29) is 18.2 Å². The van der Waals surface area contributed by atoms with Crippen LogP contribution >= 0.6 is 0 Å².